The minimum Gasteiger partial charge on any atom is -0.496 e. The summed E-state index contributed by atoms with van der Waals surface area (Å²) < 4.78 is 5.38. The van der Waals surface area contributed by atoms with Gasteiger partial charge in [-0.15, -0.1) is 0 Å². The zero-order valence-corrected chi connectivity index (χ0v) is 12.0. The van der Waals surface area contributed by atoms with Crippen LogP contribution in [0.15, 0.2) is 18.2 Å². The van der Waals surface area contributed by atoms with Crippen molar-refractivity contribution in [2.75, 3.05) is 38.2 Å². The van der Waals surface area contributed by atoms with Crippen molar-refractivity contribution in [1.82, 2.24) is 4.90 Å². The van der Waals surface area contributed by atoms with Crippen LogP contribution >= 0.6 is 0 Å². The Labute approximate surface area is 115 Å². The maximum Gasteiger partial charge on any atom is 0.219 e. The van der Waals surface area contributed by atoms with Gasteiger partial charge in [0.15, 0.2) is 0 Å². The summed E-state index contributed by atoms with van der Waals surface area (Å²) in [4.78, 5) is 15.7. The second kappa shape index (κ2) is 5.95. The molecule has 0 atom stereocenters. The molecule has 1 aliphatic heterocycles. The number of hydrogen-bond acceptors (Lipinski definition) is 3. The molecule has 0 N–H and O–H groups in total. The lowest BCUT2D eigenvalue weighted by atomic mass is 10.2. The molecule has 19 heavy (non-hydrogen) atoms. The Morgan fingerprint density at radius 2 is 2.00 bits per heavy atom. The third-order valence-electron chi connectivity index (χ3n) is 3.70. The summed E-state index contributed by atoms with van der Waals surface area (Å²) in [5.74, 6) is 1.09. The molecule has 1 amide bonds. The van der Waals surface area contributed by atoms with E-state index in [1.54, 1.807) is 14.0 Å². The molecular formula is C15H22N2O2. The van der Waals surface area contributed by atoms with E-state index in [1.807, 2.05) is 11.8 Å². The number of aryl methyl sites for hydroxylation is 1. The first-order valence-corrected chi connectivity index (χ1v) is 6.77. The van der Waals surface area contributed by atoms with E-state index in [-0.39, 0.29) is 5.91 Å². The SMILES string of the molecule is COc1cc(N2CCCN(C(C)=O)CC2)ccc1C. The van der Waals surface area contributed by atoms with Gasteiger partial charge in [-0.3, -0.25) is 4.79 Å². The van der Waals surface area contributed by atoms with Crippen molar-refractivity contribution in [3.63, 3.8) is 0 Å². The molecule has 1 fully saturated rings. The average Bonchev–Trinajstić information content (AvgIpc) is 2.65. The first kappa shape index (κ1) is 13.7. The van der Waals surface area contributed by atoms with Crippen LogP contribution in [0.2, 0.25) is 0 Å². The van der Waals surface area contributed by atoms with E-state index >= 15 is 0 Å². The maximum atomic E-state index is 11.4. The molecule has 0 unspecified atom stereocenters. The highest BCUT2D eigenvalue weighted by molar-refractivity contribution is 5.73. The molecule has 4 heteroatoms. The van der Waals surface area contributed by atoms with E-state index in [0.29, 0.717) is 0 Å². The van der Waals surface area contributed by atoms with Gasteiger partial charge >= 0.3 is 0 Å². The van der Waals surface area contributed by atoms with Gasteiger partial charge in [-0.2, -0.15) is 0 Å². The number of rotatable bonds is 2. The van der Waals surface area contributed by atoms with E-state index in [1.165, 1.54) is 5.69 Å². The number of benzene rings is 1. The zero-order chi connectivity index (χ0) is 13.8. The second-order valence-corrected chi connectivity index (χ2v) is 5.00. The van der Waals surface area contributed by atoms with Crippen molar-refractivity contribution >= 4 is 11.6 Å². The molecule has 1 saturated heterocycles. The topological polar surface area (TPSA) is 32.8 Å². The van der Waals surface area contributed by atoms with Gasteiger partial charge in [0, 0.05) is 44.9 Å². The first-order chi connectivity index (χ1) is 9.11. The van der Waals surface area contributed by atoms with Crippen molar-refractivity contribution in [1.29, 1.82) is 0 Å². The van der Waals surface area contributed by atoms with Crippen LogP contribution in [0.1, 0.15) is 18.9 Å². The van der Waals surface area contributed by atoms with Crippen molar-refractivity contribution in [3.05, 3.63) is 23.8 Å². The molecule has 104 valence electrons. The minimum absolute atomic E-state index is 0.170. The van der Waals surface area contributed by atoms with Gasteiger partial charge in [0.2, 0.25) is 5.91 Å². The van der Waals surface area contributed by atoms with E-state index in [9.17, 15) is 4.79 Å². The summed E-state index contributed by atoms with van der Waals surface area (Å²) in [5, 5.41) is 0. The highest BCUT2D eigenvalue weighted by Crippen LogP contribution is 2.25. The third kappa shape index (κ3) is 3.19. The van der Waals surface area contributed by atoms with Crippen LogP contribution in [-0.2, 0) is 4.79 Å². The molecule has 0 saturated carbocycles. The van der Waals surface area contributed by atoms with Gasteiger partial charge in [0.25, 0.3) is 0 Å². The Balaban J connectivity index is 2.12. The summed E-state index contributed by atoms with van der Waals surface area (Å²) in [6.07, 6.45) is 1.01. The predicted molar refractivity (Wildman–Crippen MR) is 76.8 cm³/mol. The first-order valence-electron chi connectivity index (χ1n) is 6.77. The summed E-state index contributed by atoms with van der Waals surface area (Å²) in [5.41, 5.74) is 2.32. The van der Waals surface area contributed by atoms with Gasteiger partial charge in [0.05, 0.1) is 7.11 Å². The minimum atomic E-state index is 0.170. The van der Waals surface area contributed by atoms with Crippen molar-refractivity contribution in [3.8, 4) is 5.75 Å². The highest BCUT2D eigenvalue weighted by Gasteiger charge is 2.17. The molecule has 1 aromatic rings. The number of nitrogens with zero attached hydrogens (tertiary/aromatic N) is 2. The van der Waals surface area contributed by atoms with Crippen LogP contribution < -0.4 is 9.64 Å². The molecule has 0 radical (unpaired) electrons. The van der Waals surface area contributed by atoms with Crippen LogP contribution in [0, 0.1) is 6.92 Å². The van der Waals surface area contributed by atoms with Crippen LogP contribution in [0.4, 0.5) is 5.69 Å². The monoisotopic (exact) mass is 262 g/mol. The van der Waals surface area contributed by atoms with E-state index in [2.05, 4.69) is 23.1 Å². The molecule has 0 aliphatic carbocycles. The molecule has 0 bridgehead atoms. The number of amides is 1. The Hall–Kier alpha value is -1.71. The van der Waals surface area contributed by atoms with E-state index in [4.69, 9.17) is 4.74 Å². The Morgan fingerprint density at radius 3 is 2.68 bits per heavy atom. The van der Waals surface area contributed by atoms with Crippen LogP contribution in [0.25, 0.3) is 0 Å². The van der Waals surface area contributed by atoms with Crippen LogP contribution in [0.3, 0.4) is 0 Å². The Kier molecular flexibility index (Phi) is 4.30. The molecule has 1 aromatic carbocycles. The lowest BCUT2D eigenvalue weighted by Gasteiger charge is -2.24. The largest absolute Gasteiger partial charge is 0.496 e. The number of carbonyl (C=O) groups is 1. The van der Waals surface area contributed by atoms with E-state index < -0.39 is 0 Å². The zero-order valence-electron chi connectivity index (χ0n) is 12.0. The fraction of sp³-hybridized carbons (Fsp3) is 0.533. The lowest BCUT2D eigenvalue weighted by molar-refractivity contribution is -0.128. The number of anilines is 1. The highest BCUT2D eigenvalue weighted by atomic mass is 16.5. The second-order valence-electron chi connectivity index (χ2n) is 5.00. The van der Waals surface area contributed by atoms with Crippen molar-refractivity contribution in [2.24, 2.45) is 0 Å². The van der Waals surface area contributed by atoms with Crippen LogP contribution in [0.5, 0.6) is 5.75 Å². The van der Waals surface area contributed by atoms with Crippen LogP contribution in [-0.4, -0.2) is 44.1 Å². The lowest BCUT2D eigenvalue weighted by Crippen LogP contribution is -2.33. The number of carbonyl (C=O) groups excluding carboxylic acids is 1. The molecule has 2 rings (SSSR count). The van der Waals surface area contributed by atoms with Gasteiger partial charge in [-0.25, -0.2) is 0 Å². The van der Waals surface area contributed by atoms with Crippen molar-refractivity contribution in [2.45, 2.75) is 20.3 Å². The molecule has 4 nitrogen and oxygen atoms in total. The van der Waals surface area contributed by atoms with Crippen molar-refractivity contribution < 1.29 is 9.53 Å². The molecular weight excluding hydrogens is 240 g/mol. The number of ether oxygens (including phenoxy) is 1. The fourth-order valence-electron chi connectivity index (χ4n) is 2.50. The van der Waals surface area contributed by atoms with Gasteiger partial charge in [-0.05, 0) is 25.0 Å². The normalized spacial score (nSPS) is 16.2. The molecule has 1 aliphatic rings. The van der Waals surface area contributed by atoms with Gasteiger partial charge in [-0.1, -0.05) is 6.07 Å². The summed E-state index contributed by atoms with van der Waals surface area (Å²) in [6.45, 7) is 7.20. The standard InChI is InChI=1S/C15H22N2O2/c1-12-5-6-14(11-15(12)19-3)17-8-4-7-16(9-10-17)13(2)18/h5-6,11H,4,7-10H2,1-3H3. The van der Waals surface area contributed by atoms with Gasteiger partial charge < -0.3 is 14.5 Å². The molecule has 0 aromatic heterocycles. The third-order valence-corrected chi connectivity index (χ3v) is 3.70. The fourth-order valence-corrected chi connectivity index (χ4v) is 2.50. The average molecular weight is 262 g/mol. The van der Waals surface area contributed by atoms with E-state index in [0.717, 1.165) is 43.9 Å². The quantitative estimate of drug-likeness (QED) is 0.818. The summed E-state index contributed by atoms with van der Waals surface area (Å²) >= 11 is 0. The summed E-state index contributed by atoms with van der Waals surface area (Å²) in [7, 11) is 1.70. The smallest absolute Gasteiger partial charge is 0.219 e. The number of methoxy groups -OCH3 is 1. The summed E-state index contributed by atoms with van der Waals surface area (Å²) in [6, 6.07) is 6.29. The molecule has 1 heterocycles. The number of hydrogen-bond donors (Lipinski definition) is 0. The Morgan fingerprint density at radius 1 is 1.21 bits per heavy atom. The predicted octanol–water partition coefficient (Wildman–Crippen LogP) is 2.06. The maximum absolute atomic E-state index is 11.4. The van der Waals surface area contributed by atoms with Gasteiger partial charge in [0.1, 0.15) is 5.75 Å². The molecule has 0 spiro atoms. The Bertz CT molecular complexity index is 459.